The molecule has 1 heterocycles. The first kappa shape index (κ1) is 30.3. The fraction of sp³-hybridized carbons (Fsp3) is 0.414. The maximum Gasteiger partial charge on any atom is 0.244 e. The average Bonchev–Trinajstić information content (AvgIpc) is 2.79. The Hall–Kier alpha value is -2.77. The van der Waals surface area contributed by atoms with E-state index in [4.69, 9.17) is 0 Å². The van der Waals surface area contributed by atoms with Gasteiger partial charge >= 0.3 is 0 Å². The van der Waals surface area contributed by atoms with E-state index in [0.717, 1.165) is 11.1 Å². The summed E-state index contributed by atoms with van der Waals surface area (Å²) in [5.74, 6) is -0.624. The molecule has 1 aliphatic rings. The molecule has 0 spiro atoms. The maximum atomic E-state index is 12.0. The van der Waals surface area contributed by atoms with Crippen molar-refractivity contribution in [2.75, 3.05) is 0 Å². The van der Waals surface area contributed by atoms with Crippen molar-refractivity contribution in [3.05, 3.63) is 96.2 Å². The fourth-order valence-electron chi connectivity index (χ4n) is 3.34. The Morgan fingerprint density at radius 1 is 0.800 bits per heavy atom. The Labute approximate surface area is 209 Å². The Morgan fingerprint density at radius 2 is 1.49 bits per heavy atom. The molecule has 0 aromatic heterocycles. The van der Waals surface area contributed by atoms with E-state index in [-0.39, 0.29) is 18.4 Å². The van der Waals surface area contributed by atoms with E-state index in [9.17, 15) is 25.2 Å². The van der Waals surface area contributed by atoms with Crippen LogP contribution >= 0.6 is 0 Å². The molecule has 6 heteroatoms. The van der Waals surface area contributed by atoms with Gasteiger partial charge in [0.05, 0.1) is 18.3 Å². The summed E-state index contributed by atoms with van der Waals surface area (Å²) in [6.45, 7) is 7.58. The van der Waals surface area contributed by atoms with Crippen LogP contribution in [0.2, 0.25) is 0 Å². The summed E-state index contributed by atoms with van der Waals surface area (Å²) in [6, 6.07) is -0.00712. The van der Waals surface area contributed by atoms with Crippen LogP contribution in [0.15, 0.2) is 96.2 Å². The summed E-state index contributed by atoms with van der Waals surface area (Å²) in [5.41, 5.74) is 2.03. The van der Waals surface area contributed by atoms with Crippen molar-refractivity contribution in [2.24, 2.45) is 5.92 Å². The van der Waals surface area contributed by atoms with Crippen LogP contribution in [-0.2, 0) is 4.79 Å². The average molecular weight is 484 g/mol. The minimum absolute atomic E-state index is 0.00712. The third-order valence-electron chi connectivity index (χ3n) is 5.39. The molecule has 1 aliphatic heterocycles. The molecule has 0 saturated carbocycles. The number of carbonyl (C=O) groups is 1. The molecule has 0 aromatic carbocycles. The first-order valence-corrected chi connectivity index (χ1v) is 12.0. The maximum absolute atomic E-state index is 12.0. The zero-order chi connectivity index (χ0) is 26.2. The molecule has 1 rings (SSSR count). The number of amides is 1. The second-order valence-corrected chi connectivity index (χ2v) is 8.96. The molecule has 0 fully saturated rings. The van der Waals surface area contributed by atoms with Gasteiger partial charge in [-0.3, -0.25) is 4.79 Å². The van der Waals surface area contributed by atoms with Gasteiger partial charge in [0.2, 0.25) is 5.91 Å². The molecule has 6 unspecified atom stereocenters. The molecule has 0 bridgehead atoms. The van der Waals surface area contributed by atoms with Crippen molar-refractivity contribution >= 4 is 5.91 Å². The number of carbonyl (C=O) groups excluding carboxylic acids is 1. The van der Waals surface area contributed by atoms with E-state index >= 15 is 0 Å². The second-order valence-electron chi connectivity index (χ2n) is 8.96. The van der Waals surface area contributed by atoms with Gasteiger partial charge in [-0.2, -0.15) is 0 Å². The Balaban J connectivity index is 3.01. The lowest BCUT2D eigenvalue weighted by Gasteiger charge is -2.26. The van der Waals surface area contributed by atoms with Crippen molar-refractivity contribution in [2.45, 2.75) is 71.0 Å². The molecular weight excluding hydrogens is 442 g/mol. The van der Waals surface area contributed by atoms with E-state index < -0.39 is 30.3 Å². The number of aliphatic hydroxyl groups excluding tert-OH is 4. The van der Waals surface area contributed by atoms with Crippen LogP contribution in [0.25, 0.3) is 0 Å². The van der Waals surface area contributed by atoms with Crippen LogP contribution in [0.1, 0.15) is 40.5 Å². The third-order valence-corrected chi connectivity index (χ3v) is 5.39. The minimum atomic E-state index is -1.41. The van der Waals surface area contributed by atoms with E-state index in [1.807, 2.05) is 57.2 Å². The van der Waals surface area contributed by atoms with Crippen molar-refractivity contribution in [1.29, 1.82) is 0 Å². The van der Waals surface area contributed by atoms with Gasteiger partial charge in [0.15, 0.2) is 0 Å². The van der Waals surface area contributed by atoms with Crippen LogP contribution in [0.3, 0.4) is 0 Å². The SMILES string of the molecule is CC1=C\C=C\C(O)CC(O)C(O)C(O)C(C)/C=C/C=C/C=C/C(=O)NC(C)C/C=C\C=C\C(C)=C\1. The number of hydrogen-bond acceptors (Lipinski definition) is 5. The van der Waals surface area contributed by atoms with Crippen molar-refractivity contribution in [1.82, 2.24) is 5.32 Å². The minimum Gasteiger partial charge on any atom is -0.390 e. The van der Waals surface area contributed by atoms with Crippen LogP contribution < -0.4 is 5.32 Å². The number of rotatable bonds is 0. The number of allylic oxidation sites excluding steroid dienone is 12. The van der Waals surface area contributed by atoms with Crippen LogP contribution in [-0.4, -0.2) is 56.8 Å². The first-order chi connectivity index (χ1) is 16.6. The van der Waals surface area contributed by atoms with Crippen LogP contribution in [0.5, 0.6) is 0 Å². The predicted molar refractivity (Wildman–Crippen MR) is 142 cm³/mol. The zero-order valence-electron chi connectivity index (χ0n) is 21.2. The summed E-state index contributed by atoms with van der Waals surface area (Å²) in [6.07, 6.45) is 20.5. The van der Waals surface area contributed by atoms with Crippen molar-refractivity contribution < 1.29 is 25.2 Å². The number of nitrogens with one attached hydrogen (secondary N) is 1. The highest BCUT2D eigenvalue weighted by atomic mass is 16.4. The molecule has 1 amide bonds. The summed E-state index contributed by atoms with van der Waals surface area (Å²) in [7, 11) is 0. The number of hydrogen-bond donors (Lipinski definition) is 5. The van der Waals surface area contributed by atoms with Gasteiger partial charge in [-0.1, -0.05) is 97.1 Å². The Morgan fingerprint density at radius 3 is 2.23 bits per heavy atom. The molecule has 35 heavy (non-hydrogen) atoms. The van der Waals surface area contributed by atoms with Gasteiger partial charge in [-0.05, 0) is 27.2 Å². The molecule has 0 aliphatic carbocycles. The standard InChI is InChI=1S/C29H41NO5/c1-21-13-8-7-10-16-24(4)30-27(33)18-11-6-5-9-15-23(3)28(34)29(35)26(32)20-25(31)17-12-14-22(2)19-21/h5-15,17-19,23-26,28-29,31-32,34-35H,16,20H2,1-4H3,(H,30,33)/b6-5+,10-7-,13-8+,15-9+,17-12+,18-11+,21-19+,22-14+. The molecule has 5 N–H and O–H groups in total. The topological polar surface area (TPSA) is 110 Å². The van der Waals surface area contributed by atoms with Gasteiger partial charge in [-0.15, -0.1) is 0 Å². The molecule has 0 radical (unpaired) electrons. The van der Waals surface area contributed by atoms with E-state index in [0.29, 0.717) is 6.42 Å². The van der Waals surface area contributed by atoms with E-state index in [1.165, 1.54) is 6.08 Å². The normalized spacial score (nSPS) is 39.0. The highest BCUT2D eigenvalue weighted by molar-refractivity contribution is 5.87. The van der Waals surface area contributed by atoms with Gasteiger partial charge in [0, 0.05) is 24.5 Å². The quantitative estimate of drug-likeness (QED) is 0.362. The summed E-state index contributed by atoms with van der Waals surface area (Å²) >= 11 is 0. The lowest BCUT2D eigenvalue weighted by atomic mass is 9.93. The van der Waals surface area contributed by atoms with Gasteiger partial charge in [0.25, 0.3) is 0 Å². The largest absolute Gasteiger partial charge is 0.390 e. The fourth-order valence-corrected chi connectivity index (χ4v) is 3.34. The zero-order valence-corrected chi connectivity index (χ0v) is 21.2. The predicted octanol–water partition coefficient (Wildman–Crippen LogP) is 3.59. The Bertz CT molecular complexity index is 891. The molecular formula is C29H41NO5. The summed E-state index contributed by atoms with van der Waals surface area (Å²) in [4.78, 5) is 12.0. The summed E-state index contributed by atoms with van der Waals surface area (Å²) in [5, 5.41) is 44.0. The lowest BCUT2D eigenvalue weighted by Crippen LogP contribution is -2.41. The first-order valence-electron chi connectivity index (χ1n) is 12.0. The van der Waals surface area contributed by atoms with Crippen LogP contribution in [0, 0.1) is 5.92 Å². The molecule has 0 aromatic rings. The Kier molecular flexibility index (Phi) is 14.5. The van der Waals surface area contributed by atoms with Gasteiger partial charge < -0.3 is 25.7 Å². The van der Waals surface area contributed by atoms with E-state index in [2.05, 4.69) is 5.32 Å². The van der Waals surface area contributed by atoms with Crippen molar-refractivity contribution in [3.63, 3.8) is 0 Å². The number of aliphatic hydroxyl groups is 4. The summed E-state index contributed by atoms with van der Waals surface area (Å²) < 4.78 is 0. The second kappa shape index (κ2) is 16.8. The third kappa shape index (κ3) is 13.6. The smallest absolute Gasteiger partial charge is 0.244 e. The van der Waals surface area contributed by atoms with E-state index in [1.54, 1.807) is 49.5 Å². The van der Waals surface area contributed by atoms with Gasteiger partial charge in [-0.25, -0.2) is 0 Å². The lowest BCUT2D eigenvalue weighted by molar-refractivity contribution is -0.117. The monoisotopic (exact) mass is 483 g/mol. The molecule has 0 saturated heterocycles. The molecule has 192 valence electrons. The van der Waals surface area contributed by atoms with Gasteiger partial charge in [0.1, 0.15) is 6.10 Å². The van der Waals surface area contributed by atoms with Crippen molar-refractivity contribution in [3.8, 4) is 0 Å². The molecule has 6 atom stereocenters. The highest BCUT2D eigenvalue weighted by Gasteiger charge is 2.28. The molecule has 6 nitrogen and oxygen atoms in total. The van der Waals surface area contributed by atoms with Crippen LogP contribution in [0.4, 0.5) is 0 Å². The highest BCUT2D eigenvalue weighted by Crippen LogP contribution is 2.15.